The summed E-state index contributed by atoms with van der Waals surface area (Å²) in [5.41, 5.74) is 0. The first-order chi connectivity index (χ1) is 6.02. The van der Waals surface area contributed by atoms with Crippen LogP contribution in [-0.4, -0.2) is 44.1 Å². The lowest BCUT2D eigenvalue weighted by Gasteiger charge is -2.25. The van der Waals surface area contributed by atoms with E-state index in [4.69, 9.17) is 4.74 Å². The van der Waals surface area contributed by atoms with E-state index in [2.05, 4.69) is 11.9 Å². The minimum atomic E-state index is 0.125. The van der Waals surface area contributed by atoms with E-state index in [1.54, 1.807) is 0 Å². The molecule has 0 aromatic heterocycles. The van der Waals surface area contributed by atoms with Gasteiger partial charge in [-0.25, -0.2) is 0 Å². The summed E-state index contributed by atoms with van der Waals surface area (Å²) in [4.78, 5) is 6.24. The van der Waals surface area contributed by atoms with Crippen LogP contribution in [0.15, 0.2) is 4.99 Å². The summed E-state index contributed by atoms with van der Waals surface area (Å²) in [6, 6.07) is 0. The van der Waals surface area contributed by atoms with Crippen LogP contribution in [0.2, 0.25) is 0 Å². The van der Waals surface area contributed by atoms with Crippen molar-refractivity contribution in [3.63, 3.8) is 0 Å². The van der Waals surface area contributed by atoms with E-state index in [1.807, 2.05) is 39.9 Å². The van der Waals surface area contributed by atoms with Gasteiger partial charge in [0.15, 0.2) is 0 Å². The van der Waals surface area contributed by atoms with Gasteiger partial charge in [-0.2, -0.15) is 0 Å². The first kappa shape index (κ1) is 12.4. The van der Waals surface area contributed by atoms with Gasteiger partial charge >= 0.3 is 0 Å². The highest BCUT2D eigenvalue weighted by Gasteiger charge is 2.16. The molecule has 0 aliphatic carbocycles. The largest absolute Gasteiger partial charge is 0.368 e. The molecule has 0 aliphatic rings. The molecule has 0 aromatic rings. The number of nitrogens with zero attached hydrogens (tertiary/aromatic N) is 2. The Balaban J connectivity index is 4.36. The fourth-order valence-electron chi connectivity index (χ4n) is 1.30. The Labute approximate surface area is 81.8 Å². The quantitative estimate of drug-likeness (QED) is 0.494. The van der Waals surface area contributed by atoms with Crippen molar-refractivity contribution in [2.75, 3.05) is 21.1 Å². The Morgan fingerprint density at radius 3 is 2.15 bits per heavy atom. The molecule has 3 heteroatoms. The van der Waals surface area contributed by atoms with Crippen LogP contribution in [0.5, 0.6) is 0 Å². The lowest BCUT2D eigenvalue weighted by molar-refractivity contribution is 0.0395. The molecule has 1 unspecified atom stereocenters. The summed E-state index contributed by atoms with van der Waals surface area (Å²) in [5.74, 6) is 1.01. The topological polar surface area (TPSA) is 24.8 Å². The lowest BCUT2D eigenvalue weighted by Crippen LogP contribution is -2.36. The van der Waals surface area contributed by atoms with Crippen LogP contribution in [-0.2, 0) is 4.74 Å². The molecule has 0 rings (SSSR count). The Hall–Kier alpha value is -0.570. The number of hydrogen-bond donors (Lipinski definition) is 0. The minimum absolute atomic E-state index is 0.125. The van der Waals surface area contributed by atoms with Gasteiger partial charge in [0.1, 0.15) is 11.9 Å². The molecule has 0 bridgehead atoms. The van der Waals surface area contributed by atoms with E-state index >= 15 is 0 Å². The van der Waals surface area contributed by atoms with Crippen molar-refractivity contribution >= 4 is 5.84 Å². The lowest BCUT2D eigenvalue weighted by atomic mass is 10.2. The van der Waals surface area contributed by atoms with Crippen molar-refractivity contribution in [3.05, 3.63) is 0 Å². The highest BCUT2D eigenvalue weighted by atomic mass is 16.5. The SMILES string of the molecule is CCC(OC(C)C)/C(=N\C)N(C)C. The van der Waals surface area contributed by atoms with Crippen molar-refractivity contribution in [3.8, 4) is 0 Å². The summed E-state index contributed by atoms with van der Waals surface area (Å²) in [5, 5.41) is 0. The van der Waals surface area contributed by atoms with Gasteiger partial charge in [-0.1, -0.05) is 6.92 Å². The Kier molecular flexibility index (Phi) is 5.71. The summed E-state index contributed by atoms with van der Waals surface area (Å²) in [6.45, 7) is 6.21. The molecule has 1 atom stereocenters. The van der Waals surface area contributed by atoms with Gasteiger partial charge < -0.3 is 9.64 Å². The molecule has 13 heavy (non-hydrogen) atoms. The summed E-state index contributed by atoms with van der Waals surface area (Å²) in [6.07, 6.45) is 1.34. The van der Waals surface area contributed by atoms with E-state index in [0.29, 0.717) is 0 Å². The van der Waals surface area contributed by atoms with E-state index in [-0.39, 0.29) is 12.2 Å². The molecule has 0 radical (unpaired) electrons. The van der Waals surface area contributed by atoms with Gasteiger partial charge in [0.2, 0.25) is 0 Å². The van der Waals surface area contributed by atoms with Crippen molar-refractivity contribution in [1.29, 1.82) is 0 Å². The first-order valence-electron chi connectivity index (χ1n) is 4.82. The van der Waals surface area contributed by atoms with Crippen molar-refractivity contribution in [1.82, 2.24) is 4.90 Å². The number of likely N-dealkylation sites (N-methyl/N-ethyl adjacent to an activating group) is 1. The van der Waals surface area contributed by atoms with Gasteiger partial charge in [0.05, 0.1) is 6.10 Å². The maximum absolute atomic E-state index is 5.74. The predicted octanol–water partition coefficient (Wildman–Crippen LogP) is 1.78. The average Bonchev–Trinajstić information content (AvgIpc) is 2.02. The normalized spacial score (nSPS) is 14.8. The maximum atomic E-state index is 5.74. The highest BCUT2D eigenvalue weighted by Crippen LogP contribution is 2.06. The molecule has 3 nitrogen and oxygen atoms in total. The second kappa shape index (κ2) is 5.97. The molecule has 0 aromatic carbocycles. The zero-order valence-corrected chi connectivity index (χ0v) is 9.66. The van der Waals surface area contributed by atoms with E-state index in [0.717, 1.165) is 12.3 Å². The van der Waals surface area contributed by atoms with Gasteiger partial charge in [-0.05, 0) is 20.3 Å². The number of hydrogen-bond acceptors (Lipinski definition) is 2. The van der Waals surface area contributed by atoms with Crippen LogP contribution in [0.1, 0.15) is 27.2 Å². The van der Waals surface area contributed by atoms with E-state index < -0.39 is 0 Å². The summed E-state index contributed by atoms with van der Waals surface area (Å²) >= 11 is 0. The molecular weight excluding hydrogens is 164 g/mol. The molecule has 0 spiro atoms. The average molecular weight is 186 g/mol. The van der Waals surface area contributed by atoms with Crippen LogP contribution in [0.3, 0.4) is 0 Å². The highest BCUT2D eigenvalue weighted by molar-refractivity contribution is 5.86. The van der Waals surface area contributed by atoms with Gasteiger partial charge in [-0.15, -0.1) is 0 Å². The maximum Gasteiger partial charge on any atom is 0.128 e. The van der Waals surface area contributed by atoms with Crippen LogP contribution in [0.4, 0.5) is 0 Å². The second-order valence-electron chi connectivity index (χ2n) is 3.56. The van der Waals surface area contributed by atoms with Crippen LogP contribution < -0.4 is 0 Å². The van der Waals surface area contributed by atoms with Gasteiger partial charge in [0.25, 0.3) is 0 Å². The van der Waals surface area contributed by atoms with E-state index in [9.17, 15) is 0 Å². The number of amidine groups is 1. The molecule has 0 saturated carbocycles. The number of ether oxygens (including phenoxy) is 1. The monoisotopic (exact) mass is 186 g/mol. The third-order valence-corrected chi connectivity index (χ3v) is 1.78. The van der Waals surface area contributed by atoms with Crippen molar-refractivity contribution in [2.24, 2.45) is 4.99 Å². The predicted molar refractivity (Wildman–Crippen MR) is 57.3 cm³/mol. The number of aliphatic imine (C=N–C) groups is 1. The van der Waals surface area contributed by atoms with E-state index in [1.165, 1.54) is 0 Å². The Bertz CT molecular complexity index is 164. The minimum Gasteiger partial charge on any atom is -0.368 e. The second-order valence-corrected chi connectivity index (χ2v) is 3.56. The molecule has 78 valence electrons. The molecule has 0 N–H and O–H groups in total. The van der Waals surface area contributed by atoms with Crippen molar-refractivity contribution < 1.29 is 4.74 Å². The zero-order chi connectivity index (χ0) is 10.4. The first-order valence-corrected chi connectivity index (χ1v) is 4.82. The Morgan fingerprint density at radius 1 is 1.38 bits per heavy atom. The fraction of sp³-hybridized carbons (Fsp3) is 0.900. The summed E-state index contributed by atoms with van der Waals surface area (Å²) in [7, 11) is 5.80. The fourth-order valence-corrected chi connectivity index (χ4v) is 1.30. The third kappa shape index (κ3) is 4.27. The molecule has 0 heterocycles. The molecular formula is C10H22N2O. The van der Waals surface area contributed by atoms with Crippen LogP contribution in [0, 0.1) is 0 Å². The molecule has 0 amide bonds. The van der Waals surface area contributed by atoms with Crippen LogP contribution in [0.25, 0.3) is 0 Å². The summed E-state index contributed by atoms with van der Waals surface area (Å²) < 4.78 is 5.74. The van der Waals surface area contributed by atoms with Crippen molar-refractivity contribution in [2.45, 2.75) is 39.4 Å². The van der Waals surface area contributed by atoms with Crippen LogP contribution >= 0.6 is 0 Å². The zero-order valence-electron chi connectivity index (χ0n) is 9.66. The molecule has 0 saturated heterocycles. The van der Waals surface area contributed by atoms with Gasteiger partial charge in [-0.3, -0.25) is 4.99 Å². The smallest absolute Gasteiger partial charge is 0.128 e. The molecule has 0 fully saturated rings. The Morgan fingerprint density at radius 2 is 1.92 bits per heavy atom. The number of rotatable bonds is 4. The van der Waals surface area contributed by atoms with Gasteiger partial charge in [0, 0.05) is 21.1 Å². The molecule has 0 aliphatic heterocycles. The standard InChI is InChI=1S/C10H22N2O/c1-7-9(13-8(2)3)10(11-4)12(5)6/h8-9H,7H2,1-6H3/b11-10+. The third-order valence-electron chi connectivity index (χ3n) is 1.78.